The largest absolute Gasteiger partial charge is 0.309 e. The van der Waals surface area contributed by atoms with Crippen molar-refractivity contribution < 1.29 is 0 Å². The number of thiophene rings is 1. The van der Waals surface area contributed by atoms with Gasteiger partial charge in [-0.2, -0.15) is 0 Å². The van der Waals surface area contributed by atoms with Crippen LogP contribution in [0.4, 0.5) is 0 Å². The zero-order valence-electron chi connectivity index (χ0n) is 10.4. The van der Waals surface area contributed by atoms with Gasteiger partial charge in [0.25, 0.3) is 0 Å². The highest BCUT2D eigenvalue weighted by atomic mass is 32.1. The Labute approximate surface area is 106 Å². The second-order valence-electron chi connectivity index (χ2n) is 4.34. The summed E-state index contributed by atoms with van der Waals surface area (Å²) < 4.78 is 0. The maximum absolute atomic E-state index is 4.58. The first-order valence-corrected chi connectivity index (χ1v) is 6.65. The summed E-state index contributed by atoms with van der Waals surface area (Å²) in [5, 5.41) is 5.42. The van der Waals surface area contributed by atoms with Crippen LogP contribution in [0.5, 0.6) is 0 Å². The van der Waals surface area contributed by atoms with Gasteiger partial charge in [0, 0.05) is 18.3 Å². The molecular weight excluding hydrogens is 230 g/mol. The lowest BCUT2D eigenvalue weighted by Gasteiger charge is -2.09. The van der Waals surface area contributed by atoms with Gasteiger partial charge >= 0.3 is 0 Å². The summed E-state index contributed by atoms with van der Waals surface area (Å²) in [5.74, 6) is 0.834. The van der Waals surface area contributed by atoms with Crippen molar-refractivity contribution in [3.63, 3.8) is 0 Å². The summed E-state index contributed by atoms with van der Waals surface area (Å²) >= 11 is 1.67. The molecule has 0 unspecified atom stereocenters. The highest BCUT2D eigenvalue weighted by molar-refractivity contribution is 7.13. The molecule has 2 rings (SSSR count). The second-order valence-corrected chi connectivity index (χ2v) is 5.28. The van der Waals surface area contributed by atoms with Gasteiger partial charge in [-0.1, -0.05) is 19.9 Å². The minimum absolute atomic E-state index is 0.468. The Morgan fingerprint density at radius 3 is 2.82 bits per heavy atom. The molecule has 0 aromatic carbocycles. The average Bonchev–Trinajstić information content (AvgIpc) is 2.79. The van der Waals surface area contributed by atoms with Crippen LogP contribution in [0.2, 0.25) is 0 Å². The van der Waals surface area contributed by atoms with Crippen molar-refractivity contribution in [2.24, 2.45) is 0 Å². The van der Waals surface area contributed by atoms with Gasteiger partial charge < -0.3 is 5.32 Å². The molecule has 0 saturated carbocycles. The summed E-state index contributed by atoms with van der Waals surface area (Å²) in [6.07, 6.45) is 0. The molecule has 1 N–H and O–H groups in total. The number of nitrogens with zero attached hydrogens (tertiary/aromatic N) is 2. The molecule has 0 aliphatic rings. The molecule has 0 radical (unpaired) electrons. The summed E-state index contributed by atoms with van der Waals surface area (Å²) in [7, 11) is 0. The minimum Gasteiger partial charge on any atom is -0.309 e. The smallest absolute Gasteiger partial charge is 0.169 e. The fourth-order valence-corrected chi connectivity index (χ4v) is 2.21. The number of hydrogen-bond donors (Lipinski definition) is 1. The van der Waals surface area contributed by atoms with Crippen LogP contribution in [0.15, 0.2) is 23.6 Å². The van der Waals surface area contributed by atoms with E-state index in [4.69, 9.17) is 0 Å². The Balaban J connectivity index is 2.24. The molecule has 0 bridgehead atoms. The highest BCUT2D eigenvalue weighted by Gasteiger charge is 2.06. The first kappa shape index (κ1) is 12.2. The molecule has 0 aliphatic carbocycles. The molecule has 2 aromatic rings. The fraction of sp³-hybridized carbons (Fsp3) is 0.385. The number of aromatic nitrogens is 2. The van der Waals surface area contributed by atoms with Crippen molar-refractivity contribution in [1.82, 2.24) is 15.3 Å². The maximum Gasteiger partial charge on any atom is 0.169 e. The quantitative estimate of drug-likeness (QED) is 0.902. The van der Waals surface area contributed by atoms with Gasteiger partial charge in [0.1, 0.15) is 0 Å². The van der Waals surface area contributed by atoms with E-state index >= 15 is 0 Å². The van der Waals surface area contributed by atoms with Gasteiger partial charge in [0.2, 0.25) is 0 Å². The van der Waals surface area contributed by atoms with E-state index in [9.17, 15) is 0 Å². The van der Waals surface area contributed by atoms with Crippen molar-refractivity contribution in [3.8, 4) is 10.7 Å². The fourth-order valence-electron chi connectivity index (χ4n) is 1.55. The molecule has 0 aliphatic heterocycles. The lowest BCUT2D eigenvalue weighted by atomic mass is 10.3. The van der Waals surface area contributed by atoms with Gasteiger partial charge in [-0.25, -0.2) is 9.97 Å². The molecule has 17 heavy (non-hydrogen) atoms. The van der Waals surface area contributed by atoms with Crippen molar-refractivity contribution in [2.45, 2.75) is 33.4 Å². The maximum atomic E-state index is 4.58. The number of hydrogen-bond acceptors (Lipinski definition) is 4. The highest BCUT2D eigenvalue weighted by Crippen LogP contribution is 2.21. The first-order chi connectivity index (χ1) is 8.15. The average molecular weight is 247 g/mol. The normalized spacial score (nSPS) is 11.1. The van der Waals surface area contributed by atoms with E-state index in [-0.39, 0.29) is 0 Å². The molecule has 90 valence electrons. The van der Waals surface area contributed by atoms with Crippen LogP contribution in [-0.4, -0.2) is 16.0 Å². The predicted octanol–water partition coefficient (Wildman–Crippen LogP) is 3.01. The Kier molecular flexibility index (Phi) is 3.86. The SMILES string of the molecule is Cc1cc(CNC(C)C)nc(-c2cccs2)n1. The van der Waals surface area contributed by atoms with Gasteiger partial charge in [-0.05, 0) is 24.4 Å². The van der Waals surface area contributed by atoms with Crippen molar-refractivity contribution in [1.29, 1.82) is 0 Å². The Morgan fingerprint density at radius 2 is 2.18 bits per heavy atom. The molecule has 2 aromatic heterocycles. The van der Waals surface area contributed by atoms with Crippen LogP contribution in [0.1, 0.15) is 25.2 Å². The van der Waals surface area contributed by atoms with Crippen LogP contribution in [-0.2, 0) is 6.54 Å². The predicted molar refractivity (Wildman–Crippen MR) is 72.1 cm³/mol. The van der Waals surface area contributed by atoms with E-state index < -0.39 is 0 Å². The molecule has 0 spiro atoms. The van der Waals surface area contributed by atoms with Gasteiger partial charge in [-0.3, -0.25) is 0 Å². The standard InChI is InChI=1S/C13H17N3S/c1-9(2)14-8-11-7-10(3)15-13(16-11)12-5-4-6-17-12/h4-7,9,14H,8H2,1-3H3. The number of aryl methyl sites for hydroxylation is 1. The molecule has 4 heteroatoms. The third-order valence-electron chi connectivity index (χ3n) is 2.34. The molecule has 2 heterocycles. The summed E-state index contributed by atoms with van der Waals surface area (Å²) in [6, 6.07) is 6.58. The van der Waals surface area contributed by atoms with Crippen LogP contribution in [0.3, 0.4) is 0 Å². The van der Waals surface area contributed by atoms with Crippen molar-refractivity contribution >= 4 is 11.3 Å². The topological polar surface area (TPSA) is 37.8 Å². The minimum atomic E-state index is 0.468. The lowest BCUT2D eigenvalue weighted by molar-refractivity contribution is 0.580. The molecule has 0 atom stereocenters. The third kappa shape index (κ3) is 3.35. The Bertz CT molecular complexity index is 477. The van der Waals surface area contributed by atoms with Gasteiger partial charge in [-0.15, -0.1) is 11.3 Å². The molecular formula is C13H17N3S. The van der Waals surface area contributed by atoms with Crippen LogP contribution < -0.4 is 5.32 Å². The summed E-state index contributed by atoms with van der Waals surface area (Å²) in [6.45, 7) is 7.07. The summed E-state index contributed by atoms with van der Waals surface area (Å²) in [4.78, 5) is 10.2. The van der Waals surface area contributed by atoms with E-state index in [2.05, 4.69) is 35.2 Å². The number of rotatable bonds is 4. The van der Waals surface area contributed by atoms with Crippen molar-refractivity contribution in [3.05, 3.63) is 35.0 Å². The van der Waals surface area contributed by atoms with Crippen LogP contribution in [0.25, 0.3) is 10.7 Å². The Hall–Kier alpha value is -1.26. The van der Waals surface area contributed by atoms with E-state index in [0.29, 0.717) is 6.04 Å². The van der Waals surface area contributed by atoms with E-state index in [0.717, 1.165) is 28.6 Å². The second kappa shape index (κ2) is 5.38. The monoisotopic (exact) mass is 247 g/mol. The molecule has 0 saturated heterocycles. The third-order valence-corrected chi connectivity index (χ3v) is 3.21. The van der Waals surface area contributed by atoms with Crippen LogP contribution >= 0.6 is 11.3 Å². The molecule has 0 fully saturated rings. The van der Waals surface area contributed by atoms with Crippen LogP contribution in [0, 0.1) is 6.92 Å². The van der Waals surface area contributed by atoms with E-state index in [1.807, 2.05) is 24.4 Å². The summed E-state index contributed by atoms with van der Waals surface area (Å²) in [5.41, 5.74) is 2.07. The molecule has 3 nitrogen and oxygen atoms in total. The lowest BCUT2D eigenvalue weighted by Crippen LogP contribution is -2.22. The first-order valence-electron chi connectivity index (χ1n) is 5.77. The Morgan fingerprint density at radius 1 is 1.35 bits per heavy atom. The van der Waals surface area contributed by atoms with Crippen molar-refractivity contribution in [2.75, 3.05) is 0 Å². The van der Waals surface area contributed by atoms with E-state index in [1.165, 1.54) is 0 Å². The van der Waals surface area contributed by atoms with E-state index in [1.54, 1.807) is 11.3 Å². The van der Waals surface area contributed by atoms with Gasteiger partial charge in [0.05, 0.1) is 10.6 Å². The zero-order valence-corrected chi connectivity index (χ0v) is 11.2. The zero-order chi connectivity index (χ0) is 12.3. The van der Waals surface area contributed by atoms with Gasteiger partial charge in [0.15, 0.2) is 5.82 Å². The molecule has 0 amide bonds. The number of nitrogens with one attached hydrogen (secondary N) is 1.